The molecule has 31 heavy (non-hydrogen) atoms. The summed E-state index contributed by atoms with van der Waals surface area (Å²) in [5.41, 5.74) is 1.66. The number of hydrogen-bond acceptors (Lipinski definition) is 6. The highest BCUT2D eigenvalue weighted by atomic mass is 35.5. The molecule has 3 heterocycles. The van der Waals surface area contributed by atoms with Crippen molar-refractivity contribution in [1.82, 2.24) is 19.9 Å². The Balaban J connectivity index is 1.33. The Hall–Kier alpha value is -2.48. The van der Waals surface area contributed by atoms with Crippen LogP contribution in [0.5, 0.6) is 0 Å². The minimum atomic E-state index is -0.135. The number of H-pyrrole nitrogens is 1. The number of nitrogens with one attached hydrogen (secondary N) is 2. The molecule has 1 aliphatic carbocycles. The van der Waals surface area contributed by atoms with Gasteiger partial charge in [-0.25, -0.2) is 9.97 Å². The van der Waals surface area contributed by atoms with Crippen molar-refractivity contribution < 1.29 is 9.53 Å². The van der Waals surface area contributed by atoms with Crippen molar-refractivity contribution in [3.63, 3.8) is 0 Å². The topological polar surface area (TPSA) is 83.1 Å². The number of nitrogens with zero attached hydrogens (tertiary/aromatic N) is 3. The number of carbonyl (C=O) groups is 1. The van der Waals surface area contributed by atoms with Crippen molar-refractivity contribution in [2.24, 2.45) is 0 Å². The van der Waals surface area contributed by atoms with Gasteiger partial charge in [-0.3, -0.25) is 9.69 Å². The molecular weight excluding hydrogens is 414 g/mol. The molecule has 1 aromatic carbocycles. The SMILES string of the molecule is COC1CN([C@H]2CC[C@H](Nc3ncnc4[nH]cc(C(=O)c5ccccc5Cl)c34)CC2)C1. The maximum absolute atomic E-state index is 13.2. The van der Waals surface area contributed by atoms with Crippen molar-refractivity contribution in [3.8, 4) is 0 Å². The normalized spacial score (nSPS) is 22.4. The molecule has 0 atom stereocenters. The molecule has 2 N–H and O–H groups in total. The van der Waals surface area contributed by atoms with Gasteiger partial charge >= 0.3 is 0 Å². The molecule has 0 unspecified atom stereocenters. The van der Waals surface area contributed by atoms with Gasteiger partial charge in [-0.2, -0.15) is 0 Å². The summed E-state index contributed by atoms with van der Waals surface area (Å²) in [5.74, 6) is 0.567. The molecule has 1 saturated heterocycles. The second-order valence-electron chi connectivity index (χ2n) is 8.42. The van der Waals surface area contributed by atoms with Gasteiger partial charge in [0, 0.05) is 44.0 Å². The zero-order valence-corrected chi connectivity index (χ0v) is 18.2. The molecule has 2 fully saturated rings. The van der Waals surface area contributed by atoms with Crippen LogP contribution in [0.1, 0.15) is 41.6 Å². The van der Waals surface area contributed by atoms with E-state index in [0.29, 0.717) is 45.8 Å². The van der Waals surface area contributed by atoms with Crippen LogP contribution in [0.4, 0.5) is 5.82 Å². The molecule has 0 bridgehead atoms. The van der Waals surface area contributed by atoms with Gasteiger partial charge in [0.15, 0.2) is 5.78 Å². The highest BCUT2D eigenvalue weighted by Crippen LogP contribution is 2.32. The number of ketones is 1. The number of methoxy groups -OCH3 is 1. The fourth-order valence-corrected chi connectivity index (χ4v) is 4.96. The minimum absolute atomic E-state index is 0.135. The summed E-state index contributed by atoms with van der Waals surface area (Å²) in [7, 11) is 1.79. The number of ether oxygens (including phenoxy) is 1. The van der Waals surface area contributed by atoms with Crippen LogP contribution in [-0.4, -0.2) is 64.0 Å². The Morgan fingerprint density at radius 2 is 1.94 bits per heavy atom. The van der Waals surface area contributed by atoms with E-state index in [4.69, 9.17) is 16.3 Å². The summed E-state index contributed by atoms with van der Waals surface area (Å²) < 4.78 is 5.40. The number of anilines is 1. The molecule has 0 spiro atoms. The minimum Gasteiger partial charge on any atom is -0.379 e. The highest BCUT2D eigenvalue weighted by Gasteiger charge is 2.34. The molecule has 2 aliphatic rings. The number of halogens is 1. The summed E-state index contributed by atoms with van der Waals surface area (Å²) in [6.45, 7) is 2.09. The maximum atomic E-state index is 13.2. The van der Waals surface area contributed by atoms with E-state index in [-0.39, 0.29) is 5.78 Å². The lowest BCUT2D eigenvalue weighted by atomic mass is 9.88. The molecule has 7 nitrogen and oxygen atoms in total. The van der Waals surface area contributed by atoms with Crippen molar-refractivity contribution >= 4 is 34.2 Å². The van der Waals surface area contributed by atoms with E-state index in [0.717, 1.165) is 44.2 Å². The van der Waals surface area contributed by atoms with E-state index in [1.54, 1.807) is 25.4 Å². The third-order valence-electron chi connectivity index (χ3n) is 6.60. The Kier molecular flexibility index (Phi) is 5.65. The van der Waals surface area contributed by atoms with Gasteiger partial charge in [-0.1, -0.05) is 23.7 Å². The first-order chi connectivity index (χ1) is 15.1. The second kappa shape index (κ2) is 8.57. The molecule has 0 amide bonds. The van der Waals surface area contributed by atoms with E-state index < -0.39 is 0 Å². The number of aromatic amines is 1. The van der Waals surface area contributed by atoms with Gasteiger partial charge in [-0.15, -0.1) is 0 Å². The molecule has 1 aliphatic heterocycles. The van der Waals surface area contributed by atoms with Crippen LogP contribution >= 0.6 is 11.6 Å². The number of likely N-dealkylation sites (tertiary alicyclic amines) is 1. The van der Waals surface area contributed by atoms with Crippen molar-refractivity contribution in [2.45, 2.75) is 43.9 Å². The van der Waals surface area contributed by atoms with Crippen LogP contribution in [0.15, 0.2) is 36.8 Å². The van der Waals surface area contributed by atoms with Gasteiger partial charge in [-0.05, 0) is 37.8 Å². The monoisotopic (exact) mass is 439 g/mol. The molecule has 0 radical (unpaired) electrons. The Morgan fingerprint density at radius 3 is 2.68 bits per heavy atom. The zero-order valence-electron chi connectivity index (χ0n) is 17.5. The van der Waals surface area contributed by atoms with E-state index >= 15 is 0 Å². The van der Waals surface area contributed by atoms with Gasteiger partial charge in [0.25, 0.3) is 0 Å². The van der Waals surface area contributed by atoms with Crippen LogP contribution in [0.2, 0.25) is 5.02 Å². The van der Waals surface area contributed by atoms with Gasteiger partial charge < -0.3 is 15.0 Å². The third kappa shape index (κ3) is 3.93. The second-order valence-corrected chi connectivity index (χ2v) is 8.83. The Labute approximate surface area is 186 Å². The molecule has 1 saturated carbocycles. The first-order valence-corrected chi connectivity index (χ1v) is 11.2. The predicted octanol–water partition coefficient (Wildman–Crippen LogP) is 3.90. The number of carbonyl (C=O) groups excluding carboxylic acids is 1. The first kappa shape index (κ1) is 20.4. The standard InChI is InChI=1S/C23H26ClN5O2/c1-31-16-11-29(12-16)15-8-6-14(7-9-15)28-23-20-18(10-25-22(20)26-13-27-23)21(30)17-4-2-3-5-19(17)24/h2-5,10,13-16H,6-9,11-12H2,1H3,(H2,25,26,27,28)/t14-,15-. The van der Waals surface area contributed by atoms with E-state index in [1.165, 1.54) is 6.33 Å². The van der Waals surface area contributed by atoms with Crippen molar-refractivity contribution in [1.29, 1.82) is 0 Å². The number of rotatable bonds is 6. The number of fused-ring (bicyclic) bond motifs is 1. The molecular formula is C23H26ClN5O2. The fraction of sp³-hybridized carbons (Fsp3) is 0.435. The largest absolute Gasteiger partial charge is 0.379 e. The quantitative estimate of drug-likeness (QED) is 0.567. The summed E-state index contributed by atoms with van der Waals surface area (Å²) in [4.78, 5) is 27.6. The average Bonchev–Trinajstić information content (AvgIpc) is 3.19. The van der Waals surface area contributed by atoms with Crippen LogP contribution < -0.4 is 5.32 Å². The van der Waals surface area contributed by atoms with E-state index in [2.05, 4.69) is 25.2 Å². The lowest BCUT2D eigenvalue weighted by Gasteiger charge is -2.46. The highest BCUT2D eigenvalue weighted by molar-refractivity contribution is 6.35. The predicted molar refractivity (Wildman–Crippen MR) is 121 cm³/mol. The summed E-state index contributed by atoms with van der Waals surface area (Å²) >= 11 is 6.27. The lowest BCUT2D eigenvalue weighted by molar-refractivity contribution is -0.0574. The number of benzene rings is 1. The van der Waals surface area contributed by atoms with Crippen molar-refractivity contribution in [2.75, 3.05) is 25.5 Å². The summed E-state index contributed by atoms with van der Waals surface area (Å²) in [5, 5.41) is 4.75. The smallest absolute Gasteiger partial charge is 0.196 e. The van der Waals surface area contributed by atoms with Crippen LogP contribution in [-0.2, 0) is 4.74 Å². The van der Waals surface area contributed by atoms with Crippen LogP contribution in [0.25, 0.3) is 11.0 Å². The maximum Gasteiger partial charge on any atom is 0.196 e. The van der Waals surface area contributed by atoms with E-state index in [1.807, 2.05) is 12.1 Å². The molecule has 162 valence electrons. The fourth-order valence-electron chi connectivity index (χ4n) is 4.74. The van der Waals surface area contributed by atoms with Crippen LogP contribution in [0.3, 0.4) is 0 Å². The first-order valence-electron chi connectivity index (χ1n) is 10.8. The summed E-state index contributed by atoms with van der Waals surface area (Å²) in [6.07, 6.45) is 8.07. The van der Waals surface area contributed by atoms with Crippen molar-refractivity contribution in [3.05, 3.63) is 52.9 Å². The average molecular weight is 440 g/mol. The lowest BCUT2D eigenvalue weighted by Crippen LogP contribution is -2.57. The summed E-state index contributed by atoms with van der Waals surface area (Å²) in [6, 6.07) is 8.06. The molecule has 8 heteroatoms. The molecule has 3 aromatic rings. The van der Waals surface area contributed by atoms with Gasteiger partial charge in [0.05, 0.1) is 22.1 Å². The molecule has 2 aromatic heterocycles. The molecule has 5 rings (SSSR count). The van der Waals surface area contributed by atoms with Gasteiger partial charge in [0.1, 0.15) is 17.8 Å². The third-order valence-corrected chi connectivity index (χ3v) is 6.93. The number of hydrogen-bond donors (Lipinski definition) is 2. The van der Waals surface area contributed by atoms with Gasteiger partial charge in [0.2, 0.25) is 0 Å². The number of aromatic nitrogens is 3. The van der Waals surface area contributed by atoms with E-state index in [9.17, 15) is 4.79 Å². The zero-order chi connectivity index (χ0) is 21.4. The Bertz CT molecular complexity index is 1090. The van der Waals surface area contributed by atoms with Crippen LogP contribution in [0, 0.1) is 0 Å². The Morgan fingerprint density at radius 1 is 1.16 bits per heavy atom.